The molecule has 6 nitrogen and oxygen atoms in total. The summed E-state index contributed by atoms with van der Waals surface area (Å²) in [7, 11) is 0. The van der Waals surface area contributed by atoms with E-state index in [2.05, 4.69) is 9.88 Å². The zero-order valence-electron chi connectivity index (χ0n) is 14.4. The highest BCUT2D eigenvalue weighted by molar-refractivity contribution is 7.16. The largest absolute Gasteiger partial charge is 0.472 e. The first kappa shape index (κ1) is 17.2. The van der Waals surface area contributed by atoms with Crippen LogP contribution < -0.4 is 0 Å². The minimum Gasteiger partial charge on any atom is -0.472 e. The SMILES string of the molecule is O=C(c1ccc2ncsc2c1)N1CCN(Cc2ccoc2)[C@H](CCO)C1. The normalized spacial score (nSPS) is 18.5. The molecule has 3 aromatic rings. The van der Waals surface area contributed by atoms with Crippen LogP contribution >= 0.6 is 11.3 Å². The molecule has 0 radical (unpaired) electrons. The van der Waals surface area contributed by atoms with Gasteiger partial charge in [-0.15, -0.1) is 11.3 Å². The Morgan fingerprint density at radius 3 is 3.08 bits per heavy atom. The Morgan fingerprint density at radius 2 is 2.27 bits per heavy atom. The van der Waals surface area contributed by atoms with Crippen LogP contribution in [0.5, 0.6) is 0 Å². The van der Waals surface area contributed by atoms with Crippen LogP contribution in [0.3, 0.4) is 0 Å². The van der Waals surface area contributed by atoms with E-state index in [1.54, 1.807) is 29.4 Å². The first-order chi connectivity index (χ1) is 12.7. The third-order valence-corrected chi connectivity index (χ3v) is 5.69. The molecule has 1 saturated heterocycles. The van der Waals surface area contributed by atoms with Gasteiger partial charge in [-0.2, -0.15) is 0 Å². The number of carbonyl (C=O) groups excluding carboxylic acids is 1. The van der Waals surface area contributed by atoms with E-state index in [0.717, 1.165) is 28.9 Å². The molecule has 3 heterocycles. The Kier molecular flexibility index (Phi) is 5.01. The van der Waals surface area contributed by atoms with E-state index >= 15 is 0 Å². The minimum absolute atomic E-state index is 0.0474. The van der Waals surface area contributed by atoms with Gasteiger partial charge in [-0.1, -0.05) is 0 Å². The van der Waals surface area contributed by atoms with E-state index in [4.69, 9.17) is 4.42 Å². The molecule has 0 bridgehead atoms. The van der Waals surface area contributed by atoms with Crippen LogP contribution in [0.25, 0.3) is 10.2 Å². The molecule has 4 rings (SSSR count). The van der Waals surface area contributed by atoms with Crippen molar-refractivity contribution in [3.05, 3.63) is 53.4 Å². The lowest BCUT2D eigenvalue weighted by Crippen LogP contribution is -2.54. The van der Waals surface area contributed by atoms with E-state index in [0.29, 0.717) is 25.1 Å². The summed E-state index contributed by atoms with van der Waals surface area (Å²) in [5.74, 6) is 0.0474. The molecule has 1 aromatic carbocycles. The number of carbonyl (C=O) groups is 1. The molecule has 2 aromatic heterocycles. The predicted molar refractivity (Wildman–Crippen MR) is 100 cm³/mol. The average Bonchev–Trinajstić information content (AvgIpc) is 3.33. The van der Waals surface area contributed by atoms with Gasteiger partial charge in [-0.25, -0.2) is 4.98 Å². The first-order valence-electron chi connectivity index (χ1n) is 8.73. The average molecular weight is 371 g/mol. The third-order valence-electron chi connectivity index (χ3n) is 4.90. The highest BCUT2D eigenvalue weighted by Crippen LogP contribution is 2.22. The summed E-state index contributed by atoms with van der Waals surface area (Å²) in [6.45, 7) is 2.97. The Balaban J connectivity index is 1.48. The molecule has 1 amide bonds. The Hall–Kier alpha value is -2.22. The number of benzene rings is 1. The molecule has 1 atom stereocenters. The molecule has 1 N–H and O–H groups in total. The van der Waals surface area contributed by atoms with Gasteiger partial charge in [0.25, 0.3) is 5.91 Å². The van der Waals surface area contributed by atoms with Gasteiger partial charge in [-0.05, 0) is 30.7 Å². The summed E-state index contributed by atoms with van der Waals surface area (Å²) in [5.41, 5.74) is 4.54. The van der Waals surface area contributed by atoms with Crippen molar-refractivity contribution in [2.24, 2.45) is 0 Å². The minimum atomic E-state index is 0.0474. The van der Waals surface area contributed by atoms with Crippen molar-refractivity contribution < 1.29 is 14.3 Å². The van der Waals surface area contributed by atoms with Crippen molar-refractivity contribution in [1.82, 2.24) is 14.8 Å². The van der Waals surface area contributed by atoms with Crippen molar-refractivity contribution in [1.29, 1.82) is 0 Å². The number of fused-ring (bicyclic) bond motifs is 1. The van der Waals surface area contributed by atoms with Crippen molar-refractivity contribution in [2.45, 2.75) is 19.0 Å². The van der Waals surface area contributed by atoms with Crippen molar-refractivity contribution in [3.8, 4) is 0 Å². The number of amides is 1. The van der Waals surface area contributed by atoms with Crippen LogP contribution in [-0.4, -0.2) is 58.1 Å². The van der Waals surface area contributed by atoms with E-state index in [1.165, 1.54) is 0 Å². The molecule has 26 heavy (non-hydrogen) atoms. The fourth-order valence-electron chi connectivity index (χ4n) is 3.50. The Morgan fingerprint density at radius 1 is 1.35 bits per heavy atom. The molecule has 0 unspecified atom stereocenters. The quantitative estimate of drug-likeness (QED) is 0.747. The standard InChI is InChI=1S/C19H21N3O3S/c23-7-3-16-11-22(6-5-21(16)10-14-4-8-25-12-14)19(24)15-1-2-17-18(9-15)26-13-20-17/h1-2,4,8-9,12-13,16,23H,3,5-7,10-11H2/t16-/m1/s1. The highest BCUT2D eigenvalue weighted by atomic mass is 32.1. The second kappa shape index (κ2) is 7.57. The van der Waals surface area contributed by atoms with Crippen LogP contribution in [0.4, 0.5) is 0 Å². The van der Waals surface area contributed by atoms with E-state index < -0.39 is 0 Å². The number of hydrogen-bond donors (Lipinski definition) is 1. The topological polar surface area (TPSA) is 69.8 Å². The molecule has 1 aliphatic heterocycles. The fourth-order valence-corrected chi connectivity index (χ4v) is 4.21. The molecule has 7 heteroatoms. The van der Waals surface area contributed by atoms with Crippen molar-refractivity contribution in [2.75, 3.05) is 26.2 Å². The number of aliphatic hydroxyl groups excluding tert-OH is 1. The van der Waals surface area contributed by atoms with Crippen LogP contribution in [0.2, 0.25) is 0 Å². The maximum Gasteiger partial charge on any atom is 0.254 e. The Bertz CT molecular complexity index is 877. The number of aliphatic hydroxyl groups is 1. The van der Waals surface area contributed by atoms with Gasteiger partial charge in [0.15, 0.2) is 0 Å². The van der Waals surface area contributed by atoms with Crippen LogP contribution in [-0.2, 0) is 6.54 Å². The zero-order valence-corrected chi connectivity index (χ0v) is 15.2. The Labute approximate surface area is 155 Å². The molecular weight excluding hydrogens is 350 g/mol. The lowest BCUT2D eigenvalue weighted by atomic mass is 10.1. The van der Waals surface area contributed by atoms with Crippen molar-refractivity contribution >= 4 is 27.5 Å². The lowest BCUT2D eigenvalue weighted by Gasteiger charge is -2.41. The number of thiazole rings is 1. The predicted octanol–water partition coefficient (Wildman–Crippen LogP) is 2.60. The van der Waals surface area contributed by atoms with Gasteiger partial charge in [0, 0.05) is 50.0 Å². The van der Waals surface area contributed by atoms with Gasteiger partial charge in [0.05, 0.1) is 28.3 Å². The van der Waals surface area contributed by atoms with Gasteiger partial charge in [-0.3, -0.25) is 9.69 Å². The number of rotatable bonds is 5. The second-order valence-corrected chi connectivity index (χ2v) is 7.44. The summed E-state index contributed by atoms with van der Waals surface area (Å²) in [4.78, 5) is 21.4. The maximum absolute atomic E-state index is 13.0. The summed E-state index contributed by atoms with van der Waals surface area (Å²) < 4.78 is 6.18. The van der Waals surface area contributed by atoms with Crippen LogP contribution in [0.15, 0.2) is 46.7 Å². The molecular formula is C19H21N3O3S. The van der Waals surface area contributed by atoms with Crippen LogP contribution in [0, 0.1) is 0 Å². The first-order valence-corrected chi connectivity index (χ1v) is 9.61. The monoisotopic (exact) mass is 371 g/mol. The van der Waals surface area contributed by atoms with E-state index in [1.807, 2.05) is 29.2 Å². The van der Waals surface area contributed by atoms with E-state index in [9.17, 15) is 9.90 Å². The number of hydrogen-bond acceptors (Lipinski definition) is 6. The summed E-state index contributed by atoms with van der Waals surface area (Å²) in [5, 5.41) is 9.44. The number of nitrogens with zero attached hydrogens (tertiary/aromatic N) is 3. The smallest absolute Gasteiger partial charge is 0.254 e. The summed E-state index contributed by atoms with van der Waals surface area (Å²) in [6.07, 6.45) is 4.07. The molecule has 0 saturated carbocycles. The van der Waals surface area contributed by atoms with Gasteiger partial charge < -0.3 is 14.4 Å². The van der Waals surface area contributed by atoms with Gasteiger partial charge in [0.1, 0.15) is 0 Å². The molecule has 0 spiro atoms. The lowest BCUT2D eigenvalue weighted by molar-refractivity contribution is 0.0395. The van der Waals surface area contributed by atoms with Gasteiger partial charge >= 0.3 is 0 Å². The molecule has 1 aliphatic rings. The number of aromatic nitrogens is 1. The van der Waals surface area contributed by atoms with E-state index in [-0.39, 0.29) is 18.6 Å². The summed E-state index contributed by atoms with van der Waals surface area (Å²) >= 11 is 1.54. The van der Waals surface area contributed by atoms with Crippen LogP contribution in [0.1, 0.15) is 22.3 Å². The molecule has 1 fully saturated rings. The molecule has 0 aliphatic carbocycles. The number of furan rings is 1. The van der Waals surface area contributed by atoms with Crippen molar-refractivity contribution in [3.63, 3.8) is 0 Å². The number of piperazine rings is 1. The van der Waals surface area contributed by atoms with Gasteiger partial charge in [0.2, 0.25) is 0 Å². The molecule has 136 valence electrons. The third kappa shape index (κ3) is 3.51. The zero-order chi connectivity index (χ0) is 17.9. The second-order valence-electron chi connectivity index (χ2n) is 6.55. The maximum atomic E-state index is 13.0. The highest BCUT2D eigenvalue weighted by Gasteiger charge is 2.30. The summed E-state index contributed by atoms with van der Waals surface area (Å²) in [6, 6.07) is 7.77. The fraction of sp³-hybridized carbons (Fsp3) is 0.368.